The van der Waals surface area contributed by atoms with Gasteiger partial charge in [-0.15, -0.1) is 0 Å². The van der Waals surface area contributed by atoms with Crippen molar-refractivity contribution >= 4 is 29.3 Å². The molecule has 8 nitrogen and oxygen atoms in total. The van der Waals surface area contributed by atoms with E-state index >= 15 is 0 Å². The molecule has 1 rings (SSSR count). The van der Waals surface area contributed by atoms with Gasteiger partial charge < -0.3 is 15.4 Å². The van der Waals surface area contributed by atoms with Crippen molar-refractivity contribution in [2.75, 3.05) is 6.54 Å². The summed E-state index contributed by atoms with van der Waals surface area (Å²) < 4.78 is 5.21. The van der Waals surface area contributed by atoms with E-state index in [1.807, 2.05) is 13.8 Å². The Kier molecular flexibility index (Phi) is 7.19. The summed E-state index contributed by atoms with van der Waals surface area (Å²) >= 11 is 6.02. The van der Waals surface area contributed by atoms with E-state index in [0.29, 0.717) is 0 Å². The van der Waals surface area contributed by atoms with E-state index in [2.05, 4.69) is 10.6 Å². The topological polar surface area (TPSA) is 111 Å². The van der Waals surface area contributed by atoms with Crippen molar-refractivity contribution in [1.82, 2.24) is 10.6 Å². The van der Waals surface area contributed by atoms with Crippen LogP contribution >= 0.6 is 11.6 Å². The van der Waals surface area contributed by atoms with E-state index in [4.69, 9.17) is 16.3 Å². The second-order valence-corrected chi connectivity index (χ2v) is 8.21. The molecular formula is C18H26ClN3O5. The fraction of sp³-hybridized carbons (Fsp3) is 0.556. The zero-order chi connectivity index (χ0) is 21.0. The standard InChI is InChI=1S/C18H26ClN3O5/c1-11(2)18(6,10-20-16(24)27-17(3,4)5)21-15(23)13-8-7-12(22(25)26)9-14(13)19/h7-9,11H,10H2,1-6H3,(H,20,24)(H,21,23). The van der Waals surface area contributed by atoms with Crippen LogP contribution in [0.5, 0.6) is 0 Å². The van der Waals surface area contributed by atoms with Crippen LogP contribution in [0.3, 0.4) is 0 Å². The second kappa shape index (κ2) is 8.56. The van der Waals surface area contributed by atoms with Crippen LogP contribution in [0.4, 0.5) is 10.5 Å². The summed E-state index contributed by atoms with van der Waals surface area (Å²) in [4.78, 5) is 34.7. The van der Waals surface area contributed by atoms with Gasteiger partial charge in [-0.1, -0.05) is 25.4 Å². The molecule has 0 aromatic heterocycles. The highest BCUT2D eigenvalue weighted by Gasteiger charge is 2.32. The molecule has 0 spiro atoms. The Balaban J connectivity index is 2.91. The predicted molar refractivity (Wildman–Crippen MR) is 103 cm³/mol. The monoisotopic (exact) mass is 399 g/mol. The summed E-state index contributed by atoms with van der Waals surface area (Å²) in [5, 5.41) is 16.3. The fourth-order valence-electron chi connectivity index (χ4n) is 2.09. The number of nitrogens with zero attached hydrogens (tertiary/aromatic N) is 1. The van der Waals surface area contributed by atoms with E-state index in [-0.39, 0.29) is 28.7 Å². The normalized spacial score (nSPS) is 13.6. The Bertz CT molecular complexity index is 730. The predicted octanol–water partition coefficient (Wildman–Crippen LogP) is 3.92. The largest absolute Gasteiger partial charge is 0.444 e. The van der Waals surface area contributed by atoms with E-state index in [1.165, 1.54) is 12.1 Å². The van der Waals surface area contributed by atoms with Crippen molar-refractivity contribution < 1.29 is 19.2 Å². The highest BCUT2D eigenvalue weighted by Crippen LogP contribution is 2.24. The van der Waals surface area contributed by atoms with Gasteiger partial charge >= 0.3 is 6.09 Å². The lowest BCUT2D eigenvalue weighted by atomic mass is 9.88. The number of ether oxygens (including phenoxy) is 1. The summed E-state index contributed by atoms with van der Waals surface area (Å²) in [6.07, 6.45) is -0.586. The fourth-order valence-corrected chi connectivity index (χ4v) is 2.35. The van der Waals surface area contributed by atoms with E-state index in [1.54, 1.807) is 27.7 Å². The van der Waals surface area contributed by atoms with Crippen molar-refractivity contribution in [2.24, 2.45) is 5.92 Å². The maximum absolute atomic E-state index is 12.6. The van der Waals surface area contributed by atoms with Gasteiger partial charge in [-0.05, 0) is 39.7 Å². The Labute approximate surface area is 163 Å². The van der Waals surface area contributed by atoms with Crippen molar-refractivity contribution in [3.05, 3.63) is 38.9 Å². The third-order valence-corrected chi connectivity index (χ3v) is 4.39. The maximum atomic E-state index is 12.6. The minimum Gasteiger partial charge on any atom is -0.444 e. The van der Waals surface area contributed by atoms with Crippen LogP contribution < -0.4 is 10.6 Å². The third kappa shape index (κ3) is 6.71. The highest BCUT2D eigenvalue weighted by atomic mass is 35.5. The number of nitro groups is 1. The molecule has 27 heavy (non-hydrogen) atoms. The second-order valence-electron chi connectivity index (χ2n) is 7.80. The summed E-state index contributed by atoms with van der Waals surface area (Å²) in [6.45, 7) is 11.0. The number of rotatable bonds is 6. The lowest BCUT2D eigenvalue weighted by Crippen LogP contribution is -2.57. The van der Waals surface area contributed by atoms with Gasteiger partial charge in [0.25, 0.3) is 11.6 Å². The van der Waals surface area contributed by atoms with Crippen LogP contribution in [0.15, 0.2) is 18.2 Å². The minimum atomic E-state index is -0.793. The van der Waals surface area contributed by atoms with Gasteiger partial charge in [0.2, 0.25) is 0 Å². The number of hydrogen-bond donors (Lipinski definition) is 2. The number of non-ortho nitro benzene ring substituents is 1. The Morgan fingerprint density at radius 3 is 2.30 bits per heavy atom. The van der Waals surface area contributed by atoms with E-state index in [9.17, 15) is 19.7 Å². The van der Waals surface area contributed by atoms with Gasteiger partial charge in [0.05, 0.1) is 21.0 Å². The number of hydrogen-bond acceptors (Lipinski definition) is 5. The molecule has 2 amide bonds. The molecule has 1 unspecified atom stereocenters. The molecule has 0 saturated carbocycles. The van der Waals surface area contributed by atoms with Crippen molar-refractivity contribution in [3.8, 4) is 0 Å². The van der Waals surface area contributed by atoms with Crippen LogP contribution in [0.25, 0.3) is 0 Å². The molecule has 0 bridgehead atoms. The first kappa shape index (κ1) is 22.7. The lowest BCUT2D eigenvalue weighted by Gasteiger charge is -2.35. The molecule has 1 aromatic rings. The number of alkyl carbamates (subject to hydrolysis) is 1. The average Bonchev–Trinajstić information content (AvgIpc) is 2.50. The Morgan fingerprint density at radius 1 is 1.26 bits per heavy atom. The molecule has 1 aromatic carbocycles. The third-order valence-electron chi connectivity index (χ3n) is 4.08. The van der Waals surface area contributed by atoms with Crippen LogP contribution in [0.2, 0.25) is 5.02 Å². The molecular weight excluding hydrogens is 374 g/mol. The lowest BCUT2D eigenvalue weighted by molar-refractivity contribution is -0.384. The number of amides is 2. The summed E-state index contributed by atoms with van der Waals surface area (Å²) in [7, 11) is 0. The summed E-state index contributed by atoms with van der Waals surface area (Å²) in [5.41, 5.74) is -1.51. The summed E-state index contributed by atoms with van der Waals surface area (Å²) in [6, 6.07) is 3.65. The van der Waals surface area contributed by atoms with Gasteiger partial charge in [0, 0.05) is 18.7 Å². The Morgan fingerprint density at radius 2 is 1.85 bits per heavy atom. The van der Waals surface area contributed by atoms with Gasteiger partial charge in [0.1, 0.15) is 5.60 Å². The van der Waals surface area contributed by atoms with Gasteiger partial charge in [-0.25, -0.2) is 4.79 Å². The number of nitro benzene ring substituents is 1. The SMILES string of the molecule is CC(C)C(C)(CNC(=O)OC(C)(C)C)NC(=O)c1ccc([N+](=O)[O-])cc1Cl. The summed E-state index contributed by atoms with van der Waals surface area (Å²) in [5.74, 6) is -0.523. The quantitative estimate of drug-likeness (QED) is 0.556. The van der Waals surface area contributed by atoms with E-state index < -0.39 is 28.1 Å². The highest BCUT2D eigenvalue weighted by molar-refractivity contribution is 6.34. The van der Waals surface area contributed by atoms with Gasteiger partial charge in [-0.3, -0.25) is 14.9 Å². The molecule has 0 radical (unpaired) electrons. The number of nitrogens with one attached hydrogen (secondary N) is 2. The van der Waals surface area contributed by atoms with Crippen molar-refractivity contribution in [3.63, 3.8) is 0 Å². The Hall–Kier alpha value is -2.35. The molecule has 1 atom stereocenters. The maximum Gasteiger partial charge on any atom is 0.407 e. The number of carbonyl (C=O) groups excluding carboxylic acids is 2. The van der Waals surface area contributed by atoms with Crippen LogP contribution in [-0.4, -0.2) is 34.6 Å². The zero-order valence-corrected chi connectivity index (χ0v) is 17.1. The van der Waals surface area contributed by atoms with E-state index in [0.717, 1.165) is 6.07 Å². The molecule has 9 heteroatoms. The molecule has 0 aliphatic carbocycles. The average molecular weight is 400 g/mol. The van der Waals surface area contributed by atoms with Crippen LogP contribution in [0.1, 0.15) is 51.9 Å². The molecule has 0 saturated heterocycles. The van der Waals surface area contributed by atoms with Gasteiger partial charge in [0.15, 0.2) is 0 Å². The molecule has 0 aliphatic rings. The molecule has 150 valence electrons. The van der Waals surface area contributed by atoms with Crippen molar-refractivity contribution in [1.29, 1.82) is 0 Å². The van der Waals surface area contributed by atoms with Crippen LogP contribution in [0, 0.1) is 16.0 Å². The smallest absolute Gasteiger partial charge is 0.407 e. The number of halogens is 1. The zero-order valence-electron chi connectivity index (χ0n) is 16.4. The molecule has 0 fully saturated rings. The van der Waals surface area contributed by atoms with Gasteiger partial charge in [-0.2, -0.15) is 0 Å². The first-order valence-electron chi connectivity index (χ1n) is 8.48. The molecule has 2 N–H and O–H groups in total. The van der Waals surface area contributed by atoms with Crippen LogP contribution in [-0.2, 0) is 4.74 Å². The molecule has 0 aliphatic heterocycles. The first-order valence-corrected chi connectivity index (χ1v) is 8.86. The minimum absolute atomic E-state index is 0.0205. The number of carbonyl (C=O) groups is 2. The number of benzene rings is 1. The first-order chi connectivity index (χ1) is 12.2. The molecule has 0 heterocycles. The van der Waals surface area contributed by atoms with Crippen molar-refractivity contribution in [2.45, 2.75) is 52.7 Å².